The number of nitrogens with zero attached hydrogens (tertiary/aromatic N) is 1. The maximum Gasteiger partial charge on any atom is 0.343 e. The zero-order valence-corrected chi connectivity index (χ0v) is 17.4. The quantitative estimate of drug-likeness (QED) is 0.271. The molecule has 0 unspecified atom stereocenters. The Morgan fingerprint density at radius 3 is 2.16 bits per heavy atom. The molecule has 31 heavy (non-hydrogen) atoms. The molecule has 1 N–H and O–H groups in total. The number of benzene rings is 3. The van der Waals surface area contributed by atoms with Crippen LogP contribution in [0.5, 0.6) is 17.2 Å². The third kappa shape index (κ3) is 5.70. The molecule has 0 aliphatic rings. The van der Waals surface area contributed by atoms with Crippen molar-refractivity contribution in [3.05, 3.63) is 89.0 Å². The van der Waals surface area contributed by atoms with E-state index in [2.05, 4.69) is 10.5 Å². The van der Waals surface area contributed by atoms with E-state index in [-0.39, 0.29) is 11.7 Å². The van der Waals surface area contributed by atoms with E-state index >= 15 is 0 Å². The number of esters is 1. The molecule has 7 nitrogen and oxygen atoms in total. The molecule has 0 fully saturated rings. The Kier molecular flexibility index (Phi) is 7.01. The summed E-state index contributed by atoms with van der Waals surface area (Å²) in [5, 5.41) is 3.96. The van der Waals surface area contributed by atoms with Crippen LogP contribution >= 0.6 is 0 Å². The Morgan fingerprint density at radius 2 is 1.52 bits per heavy atom. The van der Waals surface area contributed by atoms with Gasteiger partial charge in [0.25, 0.3) is 5.91 Å². The first-order chi connectivity index (χ1) is 15.0. The minimum atomic E-state index is -0.480. The van der Waals surface area contributed by atoms with Crippen LogP contribution in [-0.2, 0) is 0 Å². The molecule has 0 saturated heterocycles. The third-order valence-electron chi connectivity index (χ3n) is 4.41. The van der Waals surface area contributed by atoms with Gasteiger partial charge >= 0.3 is 5.97 Å². The lowest BCUT2D eigenvalue weighted by Crippen LogP contribution is -2.17. The molecule has 0 saturated carbocycles. The maximum atomic E-state index is 12.3. The molecule has 0 bridgehead atoms. The van der Waals surface area contributed by atoms with Gasteiger partial charge in [-0.05, 0) is 67.1 Å². The molecule has 0 aromatic heterocycles. The highest BCUT2D eigenvalue weighted by molar-refractivity contribution is 5.95. The average molecular weight is 418 g/mol. The summed E-state index contributed by atoms with van der Waals surface area (Å²) in [6.07, 6.45) is 1.47. The van der Waals surface area contributed by atoms with E-state index in [0.717, 1.165) is 5.56 Å². The number of hydrazone groups is 1. The van der Waals surface area contributed by atoms with E-state index in [4.69, 9.17) is 14.2 Å². The number of carbonyl (C=O) groups excluding carboxylic acids is 2. The van der Waals surface area contributed by atoms with Gasteiger partial charge in [0, 0.05) is 5.56 Å². The predicted octanol–water partition coefficient (Wildman–Crippen LogP) is 4.00. The minimum absolute atomic E-state index is 0.285. The first-order valence-electron chi connectivity index (χ1n) is 9.44. The highest BCUT2D eigenvalue weighted by Crippen LogP contribution is 2.28. The van der Waals surface area contributed by atoms with E-state index < -0.39 is 5.97 Å². The van der Waals surface area contributed by atoms with Crippen LogP contribution in [0.4, 0.5) is 0 Å². The molecule has 0 atom stereocenters. The van der Waals surface area contributed by atoms with Crippen molar-refractivity contribution in [1.29, 1.82) is 0 Å². The zero-order chi connectivity index (χ0) is 22.2. The maximum absolute atomic E-state index is 12.3. The Balaban J connectivity index is 1.65. The fourth-order valence-corrected chi connectivity index (χ4v) is 2.67. The van der Waals surface area contributed by atoms with Crippen LogP contribution in [0.15, 0.2) is 71.8 Å². The van der Waals surface area contributed by atoms with Gasteiger partial charge in [-0.1, -0.05) is 17.7 Å². The highest BCUT2D eigenvalue weighted by Gasteiger charge is 2.13. The van der Waals surface area contributed by atoms with Gasteiger partial charge in [-0.15, -0.1) is 0 Å². The van der Waals surface area contributed by atoms with Crippen molar-refractivity contribution in [2.45, 2.75) is 6.92 Å². The second-order valence-corrected chi connectivity index (χ2v) is 6.59. The number of methoxy groups -OCH3 is 2. The number of aryl methyl sites for hydroxylation is 1. The molecule has 3 aromatic carbocycles. The highest BCUT2D eigenvalue weighted by atomic mass is 16.6. The molecule has 3 aromatic rings. The second kappa shape index (κ2) is 10.1. The van der Waals surface area contributed by atoms with Crippen LogP contribution in [0.3, 0.4) is 0 Å². The Labute approximate surface area is 180 Å². The number of hydrogen-bond donors (Lipinski definition) is 1. The van der Waals surface area contributed by atoms with Crippen molar-refractivity contribution in [3.63, 3.8) is 0 Å². The summed E-state index contributed by atoms with van der Waals surface area (Å²) >= 11 is 0. The number of ether oxygens (including phenoxy) is 3. The number of nitrogens with one attached hydrogen (secondary N) is 1. The lowest BCUT2D eigenvalue weighted by atomic mass is 10.1. The van der Waals surface area contributed by atoms with Gasteiger partial charge < -0.3 is 14.2 Å². The van der Waals surface area contributed by atoms with Crippen molar-refractivity contribution in [2.75, 3.05) is 14.2 Å². The molecule has 0 aliphatic carbocycles. The molecular formula is C24H22N2O5. The van der Waals surface area contributed by atoms with Crippen molar-refractivity contribution < 1.29 is 23.8 Å². The first-order valence-corrected chi connectivity index (χ1v) is 9.44. The van der Waals surface area contributed by atoms with Crippen molar-refractivity contribution >= 4 is 18.1 Å². The molecule has 3 rings (SSSR count). The van der Waals surface area contributed by atoms with Gasteiger partial charge in [-0.3, -0.25) is 4.79 Å². The third-order valence-corrected chi connectivity index (χ3v) is 4.41. The van der Waals surface area contributed by atoms with Crippen LogP contribution < -0.4 is 19.6 Å². The van der Waals surface area contributed by atoms with Gasteiger partial charge in [-0.2, -0.15) is 5.10 Å². The number of hydrogen-bond acceptors (Lipinski definition) is 6. The van der Waals surface area contributed by atoms with E-state index in [1.54, 1.807) is 61.7 Å². The van der Waals surface area contributed by atoms with Gasteiger partial charge in [0.15, 0.2) is 11.5 Å². The summed E-state index contributed by atoms with van der Waals surface area (Å²) in [5.74, 6) is 0.481. The SMILES string of the molecule is COc1ccc(C(=O)N/N=C\c2ccc(OC(=O)c3ccc(C)cc3)c(OC)c2)cc1. The summed E-state index contributed by atoms with van der Waals surface area (Å²) in [7, 11) is 3.04. The summed E-state index contributed by atoms with van der Waals surface area (Å²) in [4.78, 5) is 24.5. The average Bonchev–Trinajstić information content (AvgIpc) is 2.80. The van der Waals surface area contributed by atoms with E-state index in [1.807, 2.05) is 19.1 Å². The minimum Gasteiger partial charge on any atom is -0.497 e. The van der Waals surface area contributed by atoms with Crippen molar-refractivity contribution in [3.8, 4) is 17.2 Å². The van der Waals surface area contributed by atoms with Gasteiger partial charge in [0.05, 0.1) is 26.0 Å². The van der Waals surface area contributed by atoms with Crippen LogP contribution in [0, 0.1) is 6.92 Å². The summed E-state index contributed by atoms with van der Waals surface area (Å²) < 4.78 is 15.8. The van der Waals surface area contributed by atoms with Crippen LogP contribution in [0.2, 0.25) is 0 Å². The standard InChI is InChI=1S/C24H22N2O5/c1-16-4-7-19(8-5-16)24(28)31-21-13-6-17(14-22(21)30-3)15-25-26-23(27)18-9-11-20(29-2)12-10-18/h4-15H,1-3H3,(H,26,27)/b25-15-. The summed E-state index contributed by atoms with van der Waals surface area (Å²) in [6, 6.07) is 18.7. The Hall–Kier alpha value is -4.13. The molecule has 0 radical (unpaired) electrons. The monoisotopic (exact) mass is 418 g/mol. The second-order valence-electron chi connectivity index (χ2n) is 6.59. The predicted molar refractivity (Wildman–Crippen MR) is 117 cm³/mol. The van der Waals surface area contributed by atoms with E-state index in [1.165, 1.54) is 13.3 Å². The molecule has 158 valence electrons. The zero-order valence-electron chi connectivity index (χ0n) is 17.4. The normalized spacial score (nSPS) is 10.5. The van der Waals surface area contributed by atoms with Gasteiger partial charge in [-0.25, -0.2) is 10.2 Å². The Bertz CT molecular complexity index is 1090. The fraction of sp³-hybridized carbons (Fsp3) is 0.125. The first kappa shape index (κ1) is 21.6. The number of carbonyl (C=O) groups is 2. The van der Waals surface area contributed by atoms with Crippen LogP contribution in [-0.4, -0.2) is 32.3 Å². The molecule has 0 aliphatic heterocycles. The fourth-order valence-electron chi connectivity index (χ4n) is 2.67. The summed E-state index contributed by atoms with van der Waals surface area (Å²) in [6.45, 7) is 1.94. The molecule has 0 spiro atoms. The van der Waals surface area contributed by atoms with Crippen LogP contribution in [0.1, 0.15) is 31.8 Å². The number of rotatable bonds is 7. The van der Waals surface area contributed by atoms with Crippen LogP contribution in [0.25, 0.3) is 0 Å². The molecular weight excluding hydrogens is 396 g/mol. The Morgan fingerprint density at radius 1 is 0.839 bits per heavy atom. The summed E-state index contributed by atoms with van der Waals surface area (Å²) in [5.41, 5.74) is 5.06. The van der Waals surface area contributed by atoms with Crippen molar-refractivity contribution in [2.24, 2.45) is 5.10 Å². The lowest BCUT2D eigenvalue weighted by molar-refractivity contribution is 0.0729. The van der Waals surface area contributed by atoms with E-state index in [9.17, 15) is 9.59 Å². The smallest absolute Gasteiger partial charge is 0.343 e. The topological polar surface area (TPSA) is 86.2 Å². The largest absolute Gasteiger partial charge is 0.497 e. The lowest BCUT2D eigenvalue weighted by Gasteiger charge is -2.10. The van der Waals surface area contributed by atoms with E-state index in [0.29, 0.717) is 28.2 Å². The molecule has 0 heterocycles. The van der Waals surface area contributed by atoms with Gasteiger partial charge in [0.1, 0.15) is 5.75 Å². The molecule has 1 amide bonds. The van der Waals surface area contributed by atoms with Crippen molar-refractivity contribution in [1.82, 2.24) is 5.43 Å². The molecule has 7 heteroatoms. The number of amides is 1. The van der Waals surface area contributed by atoms with Gasteiger partial charge in [0.2, 0.25) is 0 Å².